The van der Waals surface area contributed by atoms with Gasteiger partial charge in [0.05, 0.1) is 5.69 Å². The average Bonchev–Trinajstić information content (AvgIpc) is 3.32. The first-order valence-electron chi connectivity index (χ1n) is 8.88. The number of nitrogens with zero attached hydrogens (tertiary/aromatic N) is 2. The van der Waals surface area contributed by atoms with E-state index >= 15 is 0 Å². The zero-order valence-electron chi connectivity index (χ0n) is 14.5. The summed E-state index contributed by atoms with van der Waals surface area (Å²) in [6.07, 6.45) is 0.837. The Labute approximate surface area is 164 Å². The highest BCUT2D eigenvalue weighted by Gasteiger charge is 2.25. The van der Waals surface area contributed by atoms with Crippen molar-refractivity contribution < 1.29 is 4.79 Å². The molecule has 1 amide bonds. The smallest absolute Gasteiger partial charge is 0.272 e. The summed E-state index contributed by atoms with van der Waals surface area (Å²) in [4.78, 5) is 18.4. The molecular weight excluding hydrogens is 404 g/mol. The first kappa shape index (κ1) is 16.3. The molecule has 0 bridgehead atoms. The van der Waals surface area contributed by atoms with Gasteiger partial charge in [0.15, 0.2) is 0 Å². The molecule has 0 atom stereocenters. The van der Waals surface area contributed by atoms with Gasteiger partial charge in [-0.05, 0) is 24.3 Å². The maximum atomic E-state index is 13.0. The summed E-state index contributed by atoms with van der Waals surface area (Å²) in [5.41, 5.74) is 5.87. The van der Waals surface area contributed by atoms with Gasteiger partial charge in [0, 0.05) is 51.7 Å². The van der Waals surface area contributed by atoms with E-state index < -0.39 is 0 Å². The molecule has 0 aliphatic carbocycles. The van der Waals surface area contributed by atoms with Crippen LogP contribution in [0, 0.1) is 0 Å². The molecular formula is C21H17BrN4O. The van der Waals surface area contributed by atoms with Crippen LogP contribution in [0.5, 0.6) is 0 Å². The lowest BCUT2D eigenvalue weighted by molar-refractivity contribution is 0.0729. The summed E-state index contributed by atoms with van der Waals surface area (Å²) < 4.78 is 1.01. The van der Waals surface area contributed by atoms with Crippen LogP contribution in [0.3, 0.4) is 0 Å². The van der Waals surface area contributed by atoms with Gasteiger partial charge in [0.1, 0.15) is 5.69 Å². The number of aromatic amines is 2. The van der Waals surface area contributed by atoms with Crippen LogP contribution in [-0.2, 0) is 13.0 Å². The summed E-state index contributed by atoms with van der Waals surface area (Å²) >= 11 is 3.43. The maximum Gasteiger partial charge on any atom is 0.272 e. The number of aromatic nitrogens is 3. The van der Waals surface area contributed by atoms with Crippen LogP contribution >= 0.6 is 15.9 Å². The Kier molecular flexibility index (Phi) is 3.86. The lowest BCUT2D eigenvalue weighted by atomic mass is 10.0. The van der Waals surface area contributed by atoms with Gasteiger partial charge in [0.25, 0.3) is 5.91 Å². The largest absolute Gasteiger partial charge is 0.358 e. The molecule has 2 aromatic heterocycles. The topological polar surface area (TPSA) is 64.8 Å². The standard InChI is InChI=1S/C21H17BrN4O/c22-14-7-5-13(6-8-14)19-11-20(25-24-19)21(27)26-10-9-18-16(12-26)15-3-1-2-4-17(15)23-18/h1-8,11,23H,9-10,12H2,(H,24,25). The van der Waals surface area contributed by atoms with Gasteiger partial charge >= 0.3 is 0 Å². The van der Waals surface area contributed by atoms with Gasteiger partial charge in [0.2, 0.25) is 0 Å². The van der Waals surface area contributed by atoms with Gasteiger partial charge in [-0.2, -0.15) is 5.10 Å². The fourth-order valence-corrected chi connectivity index (χ4v) is 3.97. The second-order valence-corrected chi connectivity index (χ2v) is 7.69. The normalized spacial score (nSPS) is 13.7. The first-order chi connectivity index (χ1) is 13.2. The molecule has 134 valence electrons. The molecule has 0 fully saturated rings. The molecule has 0 unspecified atom stereocenters. The molecule has 3 heterocycles. The minimum Gasteiger partial charge on any atom is -0.358 e. The van der Waals surface area contributed by atoms with Crippen LogP contribution in [0.2, 0.25) is 0 Å². The minimum absolute atomic E-state index is 0.0122. The van der Waals surface area contributed by atoms with Gasteiger partial charge in [-0.3, -0.25) is 9.89 Å². The van der Waals surface area contributed by atoms with Crippen molar-refractivity contribution in [2.75, 3.05) is 6.54 Å². The minimum atomic E-state index is -0.0122. The molecule has 5 rings (SSSR count). The molecule has 4 aromatic rings. The highest BCUT2D eigenvalue weighted by molar-refractivity contribution is 9.10. The van der Waals surface area contributed by atoms with Crippen molar-refractivity contribution in [2.45, 2.75) is 13.0 Å². The number of hydrogen-bond donors (Lipinski definition) is 2. The van der Waals surface area contributed by atoms with E-state index in [4.69, 9.17) is 0 Å². The number of halogens is 1. The fraction of sp³-hybridized carbons (Fsp3) is 0.143. The lowest BCUT2D eigenvalue weighted by Gasteiger charge is -2.26. The first-order valence-corrected chi connectivity index (χ1v) is 9.67. The molecule has 6 heteroatoms. The molecule has 0 spiro atoms. The number of benzene rings is 2. The molecule has 1 aliphatic heterocycles. The molecule has 0 radical (unpaired) electrons. The Bertz CT molecular complexity index is 1140. The Morgan fingerprint density at radius 3 is 2.78 bits per heavy atom. The van der Waals surface area contributed by atoms with Crippen molar-refractivity contribution >= 4 is 32.7 Å². The van der Waals surface area contributed by atoms with Gasteiger partial charge < -0.3 is 9.88 Å². The van der Waals surface area contributed by atoms with E-state index in [9.17, 15) is 4.79 Å². The molecule has 0 saturated heterocycles. The predicted octanol–water partition coefficient (Wildman–Crippen LogP) is 4.52. The molecule has 27 heavy (non-hydrogen) atoms. The number of carbonyl (C=O) groups excluding carboxylic acids is 1. The number of carbonyl (C=O) groups is 1. The number of nitrogens with one attached hydrogen (secondary N) is 2. The lowest BCUT2D eigenvalue weighted by Crippen LogP contribution is -2.36. The Balaban J connectivity index is 1.41. The van der Waals surface area contributed by atoms with Crippen molar-refractivity contribution in [3.05, 3.63) is 76.0 Å². The number of fused-ring (bicyclic) bond motifs is 3. The quantitative estimate of drug-likeness (QED) is 0.500. The summed E-state index contributed by atoms with van der Waals surface area (Å²) in [6.45, 7) is 1.32. The monoisotopic (exact) mass is 420 g/mol. The summed E-state index contributed by atoms with van der Waals surface area (Å²) in [6, 6.07) is 18.0. The van der Waals surface area contributed by atoms with E-state index in [-0.39, 0.29) is 5.91 Å². The predicted molar refractivity (Wildman–Crippen MR) is 108 cm³/mol. The average molecular weight is 421 g/mol. The van der Waals surface area contributed by atoms with E-state index in [0.717, 1.165) is 27.7 Å². The van der Waals surface area contributed by atoms with Crippen molar-refractivity contribution in [2.24, 2.45) is 0 Å². The molecule has 2 aromatic carbocycles. The second-order valence-electron chi connectivity index (χ2n) is 6.78. The van der Waals surface area contributed by atoms with E-state index in [1.165, 1.54) is 16.6 Å². The molecule has 1 aliphatic rings. The SMILES string of the molecule is O=C(c1cc(-c2ccc(Br)cc2)n[nH]1)N1CCc2[nH]c3ccccc3c2C1. The molecule has 5 nitrogen and oxygen atoms in total. The Morgan fingerprint density at radius 2 is 1.93 bits per heavy atom. The third-order valence-electron chi connectivity index (χ3n) is 5.12. The van der Waals surface area contributed by atoms with E-state index in [2.05, 4.69) is 43.2 Å². The summed E-state index contributed by atoms with van der Waals surface area (Å²) in [5, 5.41) is 8.43. The van der Waals surface area contributed by atoms with Crippen molar-refractivity contribution in [3.8, 4) is 11.3 Å². The molecule has 2 N–H and O–H groups in total. The van der Waals surface area contributed by atoms with E-state index in [0.29, 0.717) is 18.8 Å². The van der Waals surface area contributed by atoms with Crippen LogP contribution in [-0.4, -0.2) is 32.5 Å². The highest BCUT2D eigenvalue weighted by atomic mass is 79.9. The van der Waals surface area contributed by atoms with Crippen LogP contribution < -0.4 is 0 Å². The highest BCUT2D eigenvalue weighted by Crippen LogP contribution is 2.28. The van der Waals surface area contributed by atoms with E-state index in [1.54, 1.807) is 0 Å². The van der Waals surface area contributed by atoms with Crippen LogP contribution in [0.4, 0.5) is 0 Å². The zero-order chi connectivity index (χ0) is 18.4. The van der Waals surface area contributed by atoms with Gasteiger partial charge in [-0.1, -0.05) is 46.3 Å². The van der Waals surface area contributed by atoms with Crippen molar-refractivity contribution in [3.63, 3.8) is 0 Å². The molecule has 0 saturated carbocycles. The second kappa shape index (κ2) is 6.39. The Hall–Kier alpha value is -2.86. The maximum absolute atomic E-state index is 13.0. The van der Waals surface area contributed by atoms with Crippen molar-refractivity contribution in [1.29, 1.82) is 0 Å². The van der Waals surface area contributed by atoms with Crippen LogP contribution in [0.25, 0.3) is 22.2 Å². The number of rotatable bonds is 2. The van der Waals surface area contributed by atoms with E-state index in [1.807, 2.05) is 47.4 Å². The third-order valence-corrected chi connectivity index (χ3v) is 5.65. The van der Waals surface area contributed by atoms with Crippen molar-refractivity contribution in [1.82, 2.24) is 20.1 Å². The number of hydrogen-bond acceptors (Lipinski definition) is 2. The van der Waals surface area contributed by atoms with Gasteiger partial charge in [-0.15, -0.1) is 0 Å². The third kappa shape index (κ3) is 2.86. The summed E-state index contributed by atoms with van der Waals surface area (Å²) in [7, 11) is 0. The number of H-pyrrole nitrogens is 2. The zero-order valence-corrected chi connectivity index (χ0v) is 16.1. The summed E-state index contributed by atoms with van der Waals surface area (Å²) in [5.74, 6) is -0.0122. The van der Waals surface area contributed by atoms with Crippen LogP contribution in [0.1, 0.15) is 21.7 Å². The Morgan fingerprint density at radius 1 is 1.11 bits per heavy atom. The number of para-hydroxylation sites is 1. The van der Waals surface area contributed by atoms with Gasteiger partial charge in [-0.25, -0.2) is 0 Å². The fourth-order valence-electron chi connectivity index (χ4n) is 3.71. The van der Waals surface area contributed by atoms with Crippen LogP contribution in [0.15, 0.2) is 59.1 Å². The number of amides is 1.